The molecular weight excluding hydrogens is 446 g/mol. The van der Waals surface area contributed by atoms with E-state index in [0.717, 1.165) is 26.2 Å². The summed E-state index contributed by atoms with van der Waals surface area (Å²) in [6.07, 6.45) is 2.72. The standard InChI is InChI=1S/C19H16ClN5OS3/c20-14-5-2-1-4-12(14)10-13-11-21-18(29-13)22-16(26)7-8-25-17(23-24-19(25)27)15-6-3-9-28-15/h1-6,9,11H,7-8,10H2,(H,24,27)(H,21,22,26). The van der Waals surface area contributed by atoms with Crippen LogP contribution in [0.5, 0.6) is 0 Å². The van der Waals surface area contributed by atoms with Crippen LogP contribution in [0, 0.1) is 4.77 Å². The fourth-order valence-electron chi connectivity index (χ4n) is 2.79. The van der Waals surface area contributed by atoms with Crippen molar-refractivity contribution in [3.8, 4) is 10.7 Å². The Morgan fingerprint density at radius 3 is 2.93 bits per heavy atom. The van der Waals surface area contributed by atoms with Crippen molar-refractivity contribution in [1.82, 2.24) is 19.7 Å². The van der Waals surface area contributed by atoms with Gasteiger partial charge >= 0.3 is 0 Å². The van der Waals surface area contributed by atoms with Gasteiger partial charge in [0.05, 0.1) is 4.88 Å². The second-order valence-electron chi connectivity index (χ2n) is 6.18. The monoisotopic (exact) mass is 461 g/mol. The largest absolute Gasteiger partial charge is 0.302 e. The Morgan fingerprint density at radius 2 is 2.14 bits per heavy atom. The topological polar surface area (TPSA) is 75.6 Å². The molecule has 0 saturated heterocycles. The van der Waals surface area contributed by atoms with Crippen LogP contribution in [0.1, 0.15) is 16.9 Å². The van der Waals surface area contributed by atoms with Crippen molar-refractivity contribution in [2.24, 2.45) is 0 Å². The smallest absolute Gasteiger partial charge is 0.227 e. The Morgan fingerprint density at radius 1 is 1.28 bits per heavy atom. The first-order valence-electron chi connectivity index (χ1n) is 8.77. The minimum Gasteiger partial charge on any atom is -0.302 e. The zero-order valence-electron chi connectivity index (χ0n) is 15.1. The molecule has 29 heavy (non-hydrogen) atoms. The molecule has 0 spiro atoms. The first-order chi connectivity index (χ1) is 14.1. The Labute approximate surface area is 185 Å². The molecule has 10 heteroatoms. The molecule has 1 amide bonds. The zero-order chi connectivity index (χ0) is 20.2. The van der Waals surface area contributed by atoms with Crippen molar-refractivity contribution in [2.45, 2.75) is 19.4 Å². The van der Waals surface area contributed by atoms with Crippen molar-refractivity contribution in [1.29, 1.82) is 0 Å². The quantitative estimate of drug-likeness (QED) is 0.361. The molecule has 0 aliphatic rings. The van der Waals surface area contributed by atoms with Gasteiger partial charge in [0, 0.05) is 35.5 Å². The Balaban J connectivity index is 1.37. The molecule has 4 rings (SSSR count). The average Bonchev–Trinajstić information content (AvgIpc) is 3.44. The van der Waals surface area contributed by atoms with Gasteiger partial charge in [-0.15, -0.1) is 22.7 Å². The van der Waals surface area contributed by atoms with Gasteiger partial charge in [0.25, 0.3) is 0 Å². The molecule has 148 valence electrons. The second kappa shape index (κ2) is 9.00. The van der Waals surface area contributed by atoms with E-state index in [4.69, 9.17) is 23.8 Å². The van der Waals surface area contributed by atoms with Gasteiger partial charge in [-0.1, -0.05) is 35.9 Å². The summed E-state index contributed by atoms with van der Waals surface area (Å²) in [4.78, 5) is 18.7. The number of nitrogens with zero attached hydrogens (tertiary/aromatic N) is 3. The minimum absolute atomic E-state index is 0.121. The van der Waals surface area contributed by atoms with Gasteiger partial charge in [-0.2, -0.15) is 5.10 Å². The Hall–Kier alpha value is -2.33. The molecule has 0 aliphatic carbocycles. The molecule has 0 fully saturated rings. The van der Waals surface area contributed by atoms with E-state index in [1.165, 1.54) is 11.3 Å². The normalized spacial score (nSPS) is 10.9. The molecular formula is C19H16ClN5OS3. The number of hydrogen-bond donors (Lipinski definition) is 2. The molecule has 3 aromatic heterocycles. The number of H-pyrrole nitrogens is 1. The van der Waals surface area contributed by atoms with Crippen LogP contribution in [0.25, 0.3) is 10.7 Å². The molecule has 0 atom stereocenters. The fraction of sp³-hybridized carbons (Fsp3) is 0.158. The number of carbonyl (C=O) groups is 1. The molecule has 0 radical (unpaired) electrons. The van der Waals surface area contributed by atoms with Crippen LogP contribution < -0.4 is 5.32 Å². The number of thiophene rings is 1. The van der Waals surface area contributed by atoms with E-state index in [1.54, 1.807) is 17.5 Å². The highest BCUT2D eigenvalue weighted by Crippen LogP contribution is 2.25. The van der Waals surface area contributed by atoms with Crippen LogP contribution in [0.15, 0.2) is 48.0 Å². The third kappa shape index (κ3) is 4.81. The number of aromatic amines is 1. The van der Waals surface area contributed by atoms with Gasteiger partial charge in [-0.05, 0) is 35.3 Å². The Bertz CT molecular complexity index is 1180. The van der Waals surface area contributed by atoms with Crippen LogP contribution in [0.3, 0.4) is 0 Å². The molecule has 3 heterocycles. The zero-order valence-corrected chi connectivity index (χ0v) is 18.3. The van der Waals surface area contributed by atoms with E-state index >= 15 is 0 Å². The third-order valence-electron chi connectivity index (χ3n) is 4.18. The number of amides is 1. The maximum Gasteiger partial charge on any atom is 0.227 e. The molecule has 2 N–H and O–H groups in total. The number of aromatic nitrogens is 4. The summed E-state index contributed by atoms with van der Waals surface area (Å²) in [5.74, 6) is 0.623. The summed E-state index contributed by atoms with van der Waals surface area (Å²) in [5, 5.41) is 13.2. The number of hydrogen-bond acceptors (Lipinski definition) is 6. The maximum absolute atomic E-state index is 12.4. The number of anilines is 1. The molecule has 0 unspecified atom stereocenters. The lowest BCUT2D eigenvalue weighted by Crippen LogP contribution is -2.14. The average molecular weight is 462 g/mol. The summed E-state index contributed by atoms with van der Waals surface area (Å²) >= 11 is 14.5. The highest BCUT2D eigenvalue weighted by Gasteiger charge is 2.13. The van der Waals surface area contributed by atoms with Crippen LogP contribution in [0.4, 0.5) is 5.13 Å². The van der Waals surface area contributed by atoms with E-state index in [2.05, 4.69) is 20.5 Å². The summed E-state index contributed by atoms with van der Waals surface area (Å²) in [6.45, 7) is 0.437. The van der Waals surface area contributed by atoms with Crippen molar-refractivity contribution in [3.05, 3.63) is 68.2 Å². The van der Waals surface area contributed by atoms with Crippen LogP contribution >= 0.6 is 46.5 Å². The van der Waals surface area contributed by atoms with Crippen molar-refractivity contribution < 1.29 is 4.79 Å². The van der Waals surface area contributed by atoms with E-state index in [1.807, 2.05) is 46.3 Å². The summed E-state index contributed by atoms with van der Waals surface area (Å²) in [6, 6.07) is 11.6. The van der Waals surface area contributed by atoms with Crippen molar-refractivity contribution >= 4 is 57.5 Å². The van der Waals surface area contributed by atoms with E-state index < -0.39 is 0 Å². The van der Waals surface area contributed by atoms with Crippen molar-refractivity contribution in [3.63, 3.8) is 0 Å². The van der Waals surface area contributed by atoms with E-state index in [-0.39, 0.29) is 12.3 Å². The van der Waals surface area contributed by atoms with Crippen LogP contribution in [0.2, 0.25) is 5.02 Å². The van der Waals surface area contributed by atoms with E-state index in [9.17, 15) is 4.79 Å². The highest BCUT2D eigenvalue weighted by molar-refractivity contribution is 7.71. The molecule has 0 saturated carbocycles. The first kappa shape index (κ1) is 20.0. The van der Waals surface area contributed by atoms with Gasteiger partial charge in [0.2, 0.25) is 5.91 Å². The van der Waals surface area contributed by atoms with Crippen LogP contribution in [-0.2, 0) is 17.8 Å². The number of rotatable bonds is 7. The fourth-order valence-corrected chi connectivity index (χ4v) is 4.79. The lowest BCUT2D eigenvalue weighted by Gasteiger charge is -2.05. The number of halogens is 1. The number of benzene rings is 1. The molecule has 1 aromatic carbocycles. The van der Waals surface area contributed by atoms with Gasteiger partial charge in [-0.25, -0.2) is 4.98 Å². The molecule has 4 aromatic rings. The SMILES string of the molecule is O=C(CCn1c(-c2cccs2)n[nH]c1=S)Nc1ncc(Cc2ccccc2Cl)s1. The van der Waals surface area contributed by atoms with Gasteiger partial charge in [-0.3, -0.25) is 14.5 Å². The molecule has 6 nitrogen and oxygen atoms in total. The van der Waals surface area contributed by atoms with Gasteiger partial charge in [0.1, 0.15) is 0 Å². The van der Waals surface area contributed by atoms with Gasteiger partial charge in [0.15, 0.2) is 15.7 Å². The minimum atomic E-state index is -0.121. The van der Waals surface area contributed by atoms with Crippen LogP contribution in [-0.4, -0.2) is 25.7 Å². The van der Waals surface area contributed by atoms with Gasteiger partial charge < -0.3 is 5.32 Å². The summed E-state index contributed by atoms with van der Waals surface area (Å²) < 4.78 is 2.34. The highest BCUT2D eigenvalue weighted by atomic mass is 35.5. The molecule has 0 aliphatic heterocycles. The number of nitrogens with one attached hydrogen (secondary N) is 2. The second-order valence-corrected chi connectivity index (χ2v) is 9.04. The van der Waals surface area contributed by atoms with Crippen molar-refractivity contribution in [2.75, 3.05) is 5.32 Å². The van der Waals surface area contributed by atoms with E-state index in [0.29, 0.717) is 22.9 Å². The third-order valence-corrected chi connectivity index (χ3v) is 6.64. The summed E-state index contributed by atoms with van der Waals surface area (Å²) in [7, 11) is 0. The lowest BCUT2D eigenvalue weighted by atomic mass is 10.1. The first-order valence-corrected chi connectivity index (χ1v) is 11.3. The Kier molecular flexibility index (Phi) is 6.19. The predicted octanol–water partition coefficient (Wildman–Crippen LogP) is 5.40. The molecule has 0 bridgehead atoms. The number of carbonyl (C=O) groups excluding carboxylic acids is 1. The summed E-state index contributed by atoms with van der Waals surface area (Å²) in [5.41, 5.74) is 1.03. The predicted molar refractivity (Wildman–Crippen MR) is 120 cm³/mol. The maximum atomic E-state index is 12.4. The lowest BCUT2D eigenvalue weighted by molar-refractivity contribution is -0.116. The number of thiazole rings is 1.